The highest BCUT2D eigenvalue weighted by Gasteiger charge is 2.33. The topological polar surface area (TPSA) is 12.5 Å². The number of nitrogens with zero attached hydrogens (tertiary/aromatic N) is 1. The van der Waals surface area contributed by atoms with Gasteiger partial charge in [0, 0.05) is 13.1 Å². The molecule has 0 N–H and O–H groups in total. The number of ether oxygens (including phenoxy) is 1. The Bertz CT molecular complexity index is 504. The van der Waals surface area contributed by atoms with Gasteiger partial charge in [-0.3, -0.25) is 4.90 Å². The SMILES string of the molecule is FC1COCC1N(Cc1ccccc1)Cc1ccccc1. The van der Waals surface area contributed by atoms with Crippen LogP contribution in [-0.4, -0.2) is 30.3 Å². The van der Waals surface area contributed by atoms with Crippen molar-refractivity contribution in [1.29, 1.82) is 0 Å². The van der Waals surface area contributed by atoms with Gasteiger partial charge in [0.1, 0.15) is 6.17 Å². The van der Waals surface area contributed by atoms with Crippen LogP contribution in [0.15, 0.2) is 60.7 Å². The van der Waals surface area contributed by atoms with Crippen LogP contribution in [0.4, 0.5) is 4.39 Å². The molecular weight excluding hydrogens is 265 g/mol. The van der Waals surface area contributed by atoms with Crippen LogP contribution in [0.3, 0.4) is 0 Å². The molecule has 2 unspecified atom stereocenters. The number of benzene rings is 2. The van der Waals surface area contributed by atoms with E-state index in [2.05, 4.69) is 29.2 Å². The summed E-state index contributed by atoms with van der Waals surface area (Å²) in [4.78, 5) is 2.18. The number of alkyl halides is 1. The highest BCUT2D eigenvalue weighted by molar-refractivity contribution is 5.17. The molecule has 110 valence electrons. The molecule has 3 rings (SSSR count). The van der Waals surface area contributed by atoms with E-state index in [1.54, 1.807) is 0 Å². The van der Waals surface area contributed by atoms with Crippen molar-refractivity contribution < 1.29 is 9.13 Å². The van der Waals surface area contributed by atoms with Gasteiger partial charge >= 0.3 is 0 Å². The molecular formula is C18H20FNO. The first kappa shape index (κ1) is 14.2. The molecule has 1 heterocycles. The average Bonchev–Trinajstić information content (AvgIpc) is 2.95. The van der Waals surface area contributed by atoms with E-state index in [1.165, 1.54) is 11.1 Å². The van der Waals surface area contributed by atoms with Gasteiger partial charge < -0.3 is 4.74 Å². The van der Waals surface area contributed by atoms with Crippen LogP contribution in [0.2, 0.25) is 0 Å². The molecule has 1 aliphatic heterocycles. The Labute approximate surface area is 125 Å². The van der Waals surface area contributed by atoms with E-state index in [-0.39, 0.29) is 12.6 Å². The molecule has 0 bridgehead atoms. The second kappa shape index (κ2) is 6.83. The summed E-state index contributed by atoms with van der Waals surface area (Å²) >= 11 is 0. The van der Waals surface area contributed by atoms with E-state index < -0.39 is 6.17 Å². The van der Waals surface area contributed by atoms with Crippen molar-refractivity contribution in [3.05, 3.63) is 71.8 Å². The number of hydrogen-bond donors (Lipinski definition) is 0. The minimum absolute atomic E-state index is 0.162. The lowest BCUT2D eigenvalue weighted by atomic mass is 10.1. The largest absolute Gasteiger partial charge is 0.377 e. The molecule has 2 aromatic carbocycles. The van der Waals surface area contributed by atoms with Crippen LogP contribution in [0, 0.1) is 0 Å². The van der Waals surface area contributed by atoms with E-state index in [4.69, 9.17) is 4.74 Å². The van der Waals surface area contributed by atoms with E-state index in [0.717, 1.165) is 13.1 Å². The van der Waals surface area contributed by atoms with Crippen molar-refractivity contribution in [3.8, 4) is 0 Å². The second-order valence-electron chi connectivity index (χ2n) is 5.50. The van der Waals surface area contributed by atoms with E-state index in [0.29, 0.717) is 6.61 Å². The Morgan fingerprint density at radius 2 is 1.38 bits per heavy atom. The molecule has 2 aromatic rings. The normalized spacial score (nSPS) is 21.8. The third-order valence-corrected chi connectivity index (χ3v) is 3.91. The predicted octanol–water partition coefficient (Wildman–Crippen LogP) is 3.43. The fourth-order valence-corrected chi connectivity index (χ4v) is 2.78. The Morgan fingerprint density at radius 3 is 1.81 bits per heavy atom. The van der Waals surface area contributed by atoms with Gasteiger partial charge in [-0.15, -0.1) is 0 Å². The molecule has 21 heavy (non-hydrogen) atoms. The smallest absolute Gasteiger partial charge is 0.141 e. The van der Waals surface area contributed by atoms with Crippen molar-refractivity contribution in [1.82, 2.24) is 4.90 Å². The summed E-state index contributed by atoms with van der Waals surface area (Å²) in [6, 6.07) is 20.3. The van der Waals surface area contributed by atoms with Crippen molar-refractivity contribution in [2.75, 3.05) is 13.2 Å². The van der Waals surface area contributed by atoms with Gasteiger partial charge in [0.2, 0.25) is 0 Å². The van der Waals surface area contributed by atoms with Gasteiger partial charge in [0.25, 0.3) is 0 Å². The first-order valence-corrected chi connectivity index (χ1v) is 7.36. The quantitative estimate of drug-likeness (QED) is 0.834. The van der Waals surface area contributed by atoms with Crippen molar-refractivity contribution in [2.24, 2.45) is 0 Å². The van der Waals surface area contributed by atoms with Crippen LogP contribution < -0.4 is 0 Å². The van der Waals surface area contributed by atoms with Crippen LogP contribution in [0.25, 0.3) is 0 Å². The van der Waals surface area contributed by atoms with Crippen LogP contribution in [0.1, 0.15) is 11.1 Å². The monoisotopic (exact) mass is 285 g/mol. The minimum atomic E-state index is -0.905. The molecule has 0 spiro atoms. The van der Waals surface area contributed by atoms with Gasteiger partial charge in [-0.1, -0.05) is 60.7 Å². The first-order valence-electron chi connectivity index (χ1n) is 7.36. The van der Waals surface area contributed by atoms with Gasteiger partial charge in [-0.2, -0.15) is 0 Å². The molecule has 2 nitrogen and oxygen atoms in total. The Balaban J connectivity index is 1.77. The van der Waals surface area contributed by atoms with E-state index in [1.807, 2.05) is 36.4 Å². The summed E-state index contributed by atoms with van der Waals surface area (Å²) in [5, 5.41) is 0. The van der Waals surface area contributed by atoms with Crippen LogP contribution >= 0.6 is 0 Å². The van der Waals surface area contributed by atoms with E-state index in [9.17, 15) is 4.39 Å². The minimum Gasteiger partial charge on any atom is -0.377 e. The summed E-state index contributed by atoms with van der Waals surface area (Å²) in [5.41, 5.74) is 2.40. The molecule has 2 atom stereocenters. The van der Waals surface area contributed by atoms with Crippen molar-refractivity contribution >= 4 is 0 Å². The Kier molecular flexibility index (Phi) is 4.63. The zero-order valence-electron chi connectivity index (χ0n) is 12.0. The number of rotatable bonds is 5. The van der Waals surface area contributed by atoms with E-state index >= 15 is 0 Å². The Hall–Kier alpha value is -1.71. The van der Waals surface area contributed by atoms with Gasteiger partial charge in [0.05, 0.1) is 19.3 Å². The van der Waals surface area contributed by atoms with Crippen LogP contribution in [-0.2, 0) is 17.8 Å². The summed E-state index contributed by atoms with van der Waals surface area (Å²) < 4.78 is 19.4. The maximum absolute atomic E-state index is 14.1. The molecule has 0 aliphatic carbocycles. The zero-order valence-corrected chi connectivity index (χ0v) is 12.0. The third-order valence-electron chi connectivity index (χ3n) is 3.91. The summed E-state index contributed by atoms with van der Waals surface area (Å²) in [6.45, 7) is 2.17. The predicted molar refractivity (Wildman–Crippen MR) is 81.6 cm³/mol. The summed E-state index contributed by atoms with van der Waals surface area (Å²) in [7, 11) is 0. The van der Waals surface area contributed by atoms with Gasteiger partial charge in [-0.05, 0) is 11.1 Å². The number of halogens is 1. The molecule has 0 aromatic heterocycles. The molecule has 3 heteroatoms. The molecule has 1 aliphatic rings. The third kappa shape index (κ3) is 3.69. The fraction of sp³-hybridized carbons (Fsp3) is 0.333. The molecule has 1 saturated heterocycles. The Morgan fingerprint density at radius 1 is 0.857 bits per heavy atom. The van der Waals surface area contributed by atoms with Crippen molar-refractivity contribution in [2.45, 2.75) is 25.3 Å². The lowest BCUT2D eigenvalue weighted by Gasteiger charge is -2.29. The highest BCUT2D eigenvalue weighted by atomic mass is 19.1. The average molecular weight is 285 g/mol. The van der Waals surface area contributed by atoms with Gasteiger partial charge in [-0.25, -0.2) is 4.39 Å². The molecule has 0 radical (unpaired) electrons. The lowest BCUT2D eigenvalue weighted by Crippen LogP contribution is -2.40. The zero-order chi connectivity index (χ0) is 14.5. The molecule has 0 amide bonds. The lowest BCUT2D eigenvalue weighted by molar-refractivity contribution is 0.120. The fourth-order valence-electron chi connectivity index (χ4n) is 2.78. The van der Waals surface area contributed by atoms with Crippen molar-refractivity contribution in [3.63, 3.8) is 0 Å². The molecule has 0 saturated carbocycles. The maximum atomic E-state index is 14.1. The highest BCUT2D eigenvalue weighted by Crippen LogP contribution is 2.21. The summed E-state index contributed by atoms with van der Waals surface area (Å²) in [6.07, 6.45) is -0.905. The number of hydrogen-bond acceptors (Lipinski definition) is 2. The molecule has 1 fully saturated rings. The van der Waals surface area contributed by atoms with Gasteiger partial charge in [0.15, 0.2) is 0 Å². The van der Waals surface area contributed by atoms with Crippen LogP contribution in [0.5, 0.6) is 0 Å². The maximum Gasteiger partial charge on any atom is 0.141 e. The summed E-state index contributed by atoms with van der Waals surface area (Å²) in [5.74, 6) is 0. The second-order valence-corrected chi connectivity index (χ2v) is 5.50. The first-order chi connectivity index (χ1) is 10.3. The standard InChI is InChI=1S/C18H20FNO/c19-17-13-21-14-18(17)20(11-15-7-3-1-4-8-15)12-16-9-5-2-6-10-16/h1-10,17-18H,11-14H2.